The van der Waals surface area contributed by atoms with E-state index in [1.807, 2.05) is 0 Å². The summed E-state index contributed by atoms with van der Waals surface area (Å²) in [6.07, 6.45) is 4.02. The highest BCUT2D eigenvalue weighted by Crippen LogP contribution is 2.45. The van der Waals surface area contributed by atoms with Gasteiger partial charge in [-0.3, -0.25) is 24.0 Å². The second-order valence-corrected chi connectivity index (χ2v) is 12.0. The maximum absolute atomic E-state index is 12.1. The molecular formula is C30H28Cl2O8. The molecule has 0 spiro atoms. The van der Waals surface area contributed by atoms with E-state index >= 15 is 0 Å². The lowest BCUT2D eigenvalue weighted by atomic mass is 10.00. The topological polar surface area (TPSA) is 146 Å². The number of hydrogen-bond acceptors (Lipinski definition) is 6. The number of halogens is 2. The molecule has 6 rings (SSSR count). The Morgan fingerprint density at radius 3 is 1.57 bits per heavy atom. The highest BCUT2D eigenvalue weighted by molar-refractivity contribution is 6.34. The molecule has 4 aliphatic rings. The highest BCUT2D eigenvalue weighted by atomic mass is 35.5. The number of aliphatic hydroxyl groups is 1. The Bertz CT molecular complexity index is 1410. The first-order valence-electron chi connectivity index (χ1n) is 13.3. The number of Topliss-reactive ketones (excluding diaryl/α,β-unsaturated/α-hetero) is 3. The Labute approximate surface area is 240 Å². The molecule has 1 unspecified atom stereocenters. The van der Waals surface area contributed by atoms with Gasteiger partial charge in [-0.1, -0.05) is 41.4 Å². The molecule has 0 saturated heterocycles. The molecule has 2 aromatic carbocycles. The maximum Gasteiger partial charge on any atom is 0.307 e. The van der Waals surface area contributed by atoms with Gasteiger partial charge < -0.3 is 15.3 Å². The van der Waals surface area contributed by atoms with Crippen LogP contribution in [-0.2, 0) is 9.59 Å². The van der Waals surface area contributed by atoms with Crippen LogP contribution in [-0.4, -0.2) is 44.6 Å². The number of ketones is 3. The Kier molecular flexibility index (Phi) is 7.88. The molecule has 8 nitrogen and oxygen atoms in total. The van der Waals surface area contributed by atoms with E-state index in [4.69, 9.17) is 33.4 Å². The lowest BCUT2D eigenvalue weighted by molar-refractivity contribution is -0.139. The average molecular weight is 587 g/mol. The second kappa shape index (κ2) is 11.1. The number of hydrogen-bond donors (Lipinski definition) is 3. The summed E-state index contributed by atoms with van der Waals surface area (Å²) in [5.74, 6) is -3.86. The molecule has 10 heteroatoms. The van der Waals surface area contributed by atoms with Gasteiger partial charge in [-0.05, 0) is 68.2 Å². The number of carbonyl (C=O) groups excluding carboxylic acids is 3. The van der Waals surface area contributed by atoms with Crippen molar-refractivity contribution in [3.63, 3.8) is 0 Å². The van der Waals surface area contributed by atoms with E-state index in [1.54, 1.807) is 30.3 Å². The average Bonchev–Trinajstić information content (AvgIpc) is 3.78. The van der Waals surface area contributed by atoms with Crippen molar-refractivity contribution < 1.29 is 39.3 Å². The van der Waals surface area contributed by atoms with Gasteiger partial charge in [-0.15, -0.1) is 0 Å². The van der Waals surface area contributed by atoms with E-state index in [1.165, 1.54) is 6.07 Å². The SMILES string of the molecule is O=C(O)[C@H]1C[C@@H]1C(=O)c1ccc(C(O)C2CC2)c(Cl)c1.O=C(c1ccc(C(=O)[C@H]2C[C@@H]2C(=O)O)cc1Cl)C1CC1. The van der Waals surface area contributed by atoms with Crippen LogP contribution in [0.25, 0.3) is 0 Å². The monoisotopic (exact) mass is 586 g/mol. The van der Waals surface area contributed by atoms with Crippen molar-refractivity contribution in [1.29, 1.82) is 0 Å². The molecule has 40 heavy (non-hydrogen) atoms. The van der Waals surface area contributed by atoms with Crippen LogP contribution in [0.5, 0.6) is 0 Å². The molecule has 2 aromatic rings. The molecule has 210 valence electrons. The summed E-state index contributed by atoms with van der Waals surface area (Å²) in [7, 11) is 0. The Hall–Kier alpha value is -3.07. The Morgan fingerprint density at radius 1 is 0.675 bits per heavy atom. The number of carboxylic acids is 2. The molecule has 5 atom stereocenters. The normalized spacial score (nSPS) is 25.2. The fourth-order valence-electron chi connectivity index (χ4n) is 4.96. The molecule has 0 aliphatic heterocycles. The molecule has 0 radical (unpaired) electrons. The van der Waals surface area contributed by atoms with Crippen molar-refractivity contribution in [2.24, 2.45) is 35.5 Å². The third kappa shape index (κ3) is 6.14. The lowest BCUT2D eigenvalue weighted by Crippen LogP contribution is -2.09. The van der Waals surface area contributed by atoms with E-state index in [2.05, 4.69) is 0 Å². The number of carbonyl (C=O) groups is 5. The van der Waals surface area contributed by atoms with Crippen molar-refractivity contribution in [2.45, 2.75) is 44.6 Å². The predicted molar refractivity (Wildman–Crippen MR) is 145 cm³/mol. The number of aliphatic carboxylic acids is 2. The van der Waals surface area contributed by atoms with Gasteiger partial charge >= 0.3 is 11.9 Å². The van der Waals surface area contributed by atoms with Crippen LogP contribution in [0.4, 0.5) is 0 Å². The standard InChI is InChI=1S/C15H15ClO4.C15H13ClO4/c2*16-12-5-8(14(18)10-6-11(10)15(19)20)3-4-9(12)13(17)7-1-2-7/h3-5,7,10-11,13,17H,1-2,6H2,(H,19,20);3-5,7,10-11H,1-2,6H2,(H,19,20)/t10-,11-,13?;10-,11-/m00/s1. The van der Waals surface area contributed by atoms with Crippen molar-refractivity contribution in [2.75, 3.05) is 0 Å². The van der Waals surface area contributed by atoms with Gasteiger partial charge in [-0.25, -0.2) is 0 Å². The molecule has 0 heterocycles. The van der Waals surface area contributed by atoms with Crippen molar-refractivity contribution in [1.82, 2.24) is 0 Å². The number of rotatable bonds is 10. The predicted octanol–water partition coefficient (Wildman–Crippen LogP) is 5.52. The van der Waals surface area contributed by atoms with Crippen LogP contribution in [0.2, 0.25) is 10.0 Å². The van der Waals surface area contributed by atoms with Crippen LogP contribution < -0.4 is 0 Å². The molecule has 0 amide bonds. The summed E-state index contributed by atoms with van der Waals surface area (Å²) in [5, 5.41) is 28.4. The van der Waals surface area contributed by atoms with Gasteiger partial charge in [0.05, 0.1) is 23.0 Å². The fraction of sp³-hybridized carbons (Fsp3) is 0.433. The summed E-state index contributed by atoms with van der Waals surface area (Å²) >= 11 is 12.2. The molecule has 3 N–H and O–H groups in total. The molecule has 0 aromatic heterocycles. The van der Waals surface area contributed by atoms with Crippen LogP contribution in [0, 0.1) is 35.5 Å². The van der Waals surface area contributed by atoms with E-state index < -0.39 is 41.7 Å². The summed E-state index contributed by atoms with van der Waals surface area (Å²) in [6, 6.07) is 9.48. The smallest absolute Gasteiger partial charge is 0.307 e. The molecule has 4 saturated carbocycles. The first kappa shape index (κ1) is 28.5. The van der Waals surface area contributed by atoms with Crippen molar-refractivity contribution in [3.05, 3.63) is 68.7 Å². The second-order valence-electron chi connectivity index (χ2n) is 11.2. The third-order valence-electron chi connectivity index (χ3n) is 8.03. The minimum Gasteiger partial charge on any atom is -0.481 e. The Morgan fingerprint density at radius 2 is 1.18 bits per heavy atom. The van der Waals surface area contributed by atoms with Crippen molar-refractivity contribution in [3.8, 4) is 0 Å². The van der Waals surface area contributed by atoms with Crippen LogP contribution in [0.3, 0.4) is 0 Å². The van der Waals surface area contributed by atoms with Gasteiger partial charge in [0.1, 0.15) is 0 Å². The van der Waals surface area contributed by atoms with Crippen LogP contribution in [0.1, 0.15) is 81.3 Å². The number of carboxylic acid groups (broad SMARTS) is 2. The molecule has 0 bridgehead atoms. The maximum atomic E-state index is 12.1. The zero-order valence-electron chi connectivity index (χ0n) is 21.4. The van der Waals surface area contributed by atoms with Crippen LogP contribution >= 0.6 is 23.2 Å². The minimum absolute atomic E-state index is 0.0313. The number of aliphatic hydroxyl groups excluding tert-OH is 1. The van der Waals surface area contributed by atoms with Gasteiger partial charge in [0.25, 0.3) is 0 Å². The zero-order valence-corrected chi connectivity index (χ0v) is 22.9. The zero-order chi connectivity index (χ0) is 28.9. The van der Waals surface area contributed by atoms with Gasteiger partial charge in [-0.2, -0.15) is 0 Å². The van der Waals surface area contributed by atoms with Gasteiger partial charge in [0, 0.05) is 39.5 Å². The first-order chi connectivity index (χ1) is 19.0. The van der Waals surface area contributed by atoms with Gasteiger partial charge in [0.2, 0.25) is 0 Å². The fourth-order valence-corrected chi connectivity index (χ4v) is 5.53. The third-order valence-corrected chi connectivity index (χ3v) is 8.67. The highest BCUT2D eigenvalue weighted by Gasteiger charge is 2.49. The summed E-state index contributed by atoms with van der Waals surface area (Å²) in [6.45, 7) is 0. The molecule has 4 aliphatic carbocycles. The summed E-state index contributed by atoms with van der Waals surface area (Å²) in [4.78, 5) is 57.7. The van der Waals surface area contributed by atoms with E-state index in [9.17, 15) is 29.1 Å². The summed E-state index contributed by atoms with van der Waals surface area (Å²) < 4.78 is 0. The number of benzene rings is 2. The Balaban J connectivity index is 0.000000161. The van der Waals surface area contributed by atoms with Crippen molar-refractivity contribution >= 4 is 52.5 Å². The van der Waals surface area contributed by atoms with E-state index in [0.29, 0.717) is 40.1 Å². The largest absolute Gasteiger partial charge is 0.481 e. The minimum atomic E-state index is -0.935. The van der Waals surface area contributed by atoms with Crippen LogP contribution in [0.15, 0.2) is 36.4 Å². The lowest BCUT2D eigenvalue weighted by Gasteiger charge is -2.12. The van der Waals surface area contributed by atoms with Gasteiger partial charge in [0.15, 0.2) is 17.3 Å². The summed E-state index contributed by atoms with van der Waals surface area (Å²) in [5.41, 5.74) is 1.92. The van der Waals surface area contributed by atoms with E-state index in [0.717, 1.165) is 25.7 Å². The molecule has 4 fully saturated rings. The van der Waals surface area contributed by atoms with E-state index in [-0.39, 0.29) is 34.2 Å². The quantitative estimate of drug-likeness (QED) is 0.308. The first-order valence-corrected chi connectivity index (χ1v) is 14.1. The molecular weight excluding hydrogens is 559 g/mol.